The molecule has 0 bridgehead atoms. The van der Waals surface area contributed by atoms with Gasteiger partial charge in [-0.2, -0.15) is 0 Å². The van der Waals surface area contributed by atoms with Crippen LogP contribution in [0.25, 0.3) is 10.1 Å². The maximum atomic E-state index is 13.2. The van der Waals surface area contributed by atoms with Crippen LogP contribution in [-0.4, -0.2) is 5.11 Å². The van der Waals surface area contributed by atoms with E-state index in [1.165, 1.54) is 29.0 Å². The summed E-state index contributed by atoms with van der Waals surface area (Å²) in [7, 11) is 0. The van der Waals surface area contributed by atoms with Crippen LogP contribution in [0.4, 0.5) is 4.39 Å². The summed E-state index contributed by atoms with van der Waals surface area (Å²) >= 11 is 1.50. The van der Waals surface area contributed by atoms with Crippen molar-refractivity contribution in [1.29, 1.82) is 0 Å². The zero-order valence-corrected chi connectivity index (χ0v) is 12.8. The van der Waals surface area contributed by atoms with Crippen LogP contribution in [0.15, 0.2) is 48.5 Å². The highest BCUT2D eigenvalue weighted by Crippen LogP contribution is 2.33. The van der Waals surface area contributed by atoms with Crippen molar-refractivity contribution < 1.29 is 9.50 Å². The fourth-order valence-corrected chi connectivity index (χ4v) is 3.46. The third-order valence-corrected chi connectivity index (χ3v) is 4.85. The van der Waals surface area contributed by atoms with Gasteiger partial charge in [-0.3, -0.25) is 0 Å². The van der Waals surface area contributed by atoms with E-state index in [2.05, 4.69) is 26.0 Å². The van der Waals surface area contributed by atoms with Crippen molar-refractivity contribution in [3.63, 3.8) is 0 Å². The Morgan fingerprint density at radius 3 is 2.29 bits per heavy atom. The normalized spacial score (nSPS) is 13.0. The Kier molecular flexibility index (Phi) is 3.79. The SMILES string of the molecule is CC(C)c1ccc(C(O)c2cc3cc(F)ccc3s2)cc1. The second-order valence-corrected chi connectivity index (χ2v) is 6.67. The van der Waals surface area contributed by atoms with E-state index in [-0.39, 0.29) is 5.82 Å². The molecule has 108 valence electrons. The van der Waals surface area contributed by atoms with Gasteiger partial charge in [0.1, 0.15) is 11.9 Å². The molecule has 3 heteroatoms. The predicted molar refractivity (Wildman–Crippen MR) is 86.4 cm³/mol. The number of hydrogen-bond donors (Lipinski definition) is 1. The lowest BCUT2D eigenvalue weighted by Crippen LogP contribution is -1.97. The van der Waals surface area contributed by atoms with E-state index in [4.69, 9.17) is 0 Å². The second kappa shape index (κ2) is 5.58. The molecule has 0 spiro atoms. The van der Waals surface area contributed by atoms with E-state index in [0.717, 1.165) is 20.5 Å². The van der Waals surface area contributed by atoms with Crippen LogP contribution in [0, 0.1) is 5.82 Å². The summed E-state index contributed by atoms with van der Waals surface area (Å²) in [6.45, 7) is 4.29. The molecule has 21 heavy (non-hydrogen) atoms. The van der Waals surface area contributed by atoms with Gasteiger partial charge in [0.2, 0.25) is 0 Å². The number of benzene rings is 2. The van der Waals surface area contributed by atoms with Gasteiger partial charge in [-0.05, 0) is 46.7 Å². The second-order valence-electron chi connectivity index (χ2n) is 5.55. The molecule has 1 N–H and O–H groups in total. The molecule has 0 saturated carbocycles. The maximum absolute atomic E-state index is 13.2. The summed E-state index contributed by atoms with van der Waals surface area (Å²) in [6.07, 6.45) is -0.660. The van der Waals surface area contributed by atoms with Crippen molar-refractivity contribution in [3.05, 3.63) is 70.4 Å². The van der Waals surface area contributed by atoms with E-state index in [0.29, 0.717) is 5.92 Å². The van der Waals surface area contributed by atoms with Crippen molar-refractivity contribution in [2.24, 2.45) is 0 Å². The van der Waals surface area contributed by atoms with Gasteiger partial charge in [0.25, 0.3) is 0 Å². The fraction of sp³-hybridized carbons (Fsp3) is 0.222. The molecule has 1 heterocycles. The van der Waals surface area contributed by atoms with Crippen molar-refractivity contribution in [2.45, 2.75) is 25.9 Å². The molecule has 0 aliphatic rings. The Morgan fingerprint density at radius 1 is 0.952 bits per heavy atom. The van der Waals surface area contributed by atoms with Crippen LogP contribution in [0.2, 0.25) is 0 Å². The van der Waals surface area contributed by atoms with Crippen molar-refractivity contribution in [1.82, 2.24) is 0 Å². The number of aliphatic hydroxyl groups excluding tert-OH is 1. The van der Waals surface area contributed by atoms with E-state index in [1.807, 2.05) is 18.2 Å². The number of thiophene rings is 1. The monoisotopic (exact) mass is 300 g/mol. The first kappa shape index (κ1) is 14.2. The topological polar surface area (TPSA) is 20.2 Å². The van der Waals surface area contributed by atoms with Crippen molar-refractivity contribution in [2.75, 3.05) is 0 Å². The molecule has 0 saturated heterocycles. The number of rotatable bonds is 3. The van der Waals surface area contributed by atoms with Gasteiger partial charge in [-0.25, -0.2) is 4.39 Å². The van der Waals surface area contributed by atoms with E-state index < -0.39 is 6.10 Å². The Balaban J connectivity index is 1.93. The van der Waals surface area contributed by atoms with Gasteiger partial charge < -0.3 is 5.11 Å². The van der Waals surface area contributed by atoms with Crippen LogP contribution in [0.1, 0.15) is 41.9 Å². The molecule has 0 amide bonds. The van der Waals surface area contributed by atoms with Crippen molar-refractivity contribution in [3.8, 4) is 0 Å². The Labute approximate surface area is 127 Å². The summed E-state index contributed by atoms with van der Waals surface area (Å²) < 4.78 is 14.2. The average molecular weight is 300 g/mol. The highest BCUT2D eigenvalue weighted by atomic mass is 32.1. The van der Waals surface area contributed by atoms with Crippen LogP contribution in [-0.2, 0) is 0 Å². The van der Waals surface area contributed by atoms with Crippen LogP contribution in [0.5, 0.6) is 0 Å². The first-order valence-corrected chi connectivity index (χ1v) is 7.83. The Bertz CT molecular complexity index is 758. The van der Waals surface area contributed by atoms with E-state index >= 15 is 0 Å². The molecule has 3 rings (SSSR count). The lowest BCUT2D eigenvalue weighted by Gasteiger charge is -2.11. The minimum Gasteiger partial charge on any atom is -0.383 e. The zero-order chi connectivity index (χ0) is 15.0. The summed E-state index contributed by atoms with van der Waals surface area (Å²) in [5, 5.41) is 11.3. The number of halogens is 1. The minimum atomic E-state index is -0.660. The molecule has 0 aliphatic heterocycles. The van der Waals surface area contributed by atoms with Crippen LogP contribution >= 0.6 is 11.3 Å². The van der Waals surface area contributed by atoms with Crippen LogP contribution < -0.4 is 0 Å². The lowest BCUT2D eigenvalue weighted by molar-refractivity contribution is 0.224. The maximum Gasteiger partial charge on any atom is 0.123 e. The molecule has 2 aromatic carbocycles. The summed E-state index contributed by atoms with van der Waals surface area (Å²) in [5.41, 5.74) is 2.12. The summed E-state index contributed by atoms with van der Waals surface area (Å²) in [5.74, 6) is 0.228. The standard InChI is InChI=1S/C18H17FOS/c1-11(2)12-3-5-13(6-4-12)18(20)17-10-14-9-15(19)7-8-16(14)21-17/h3-11,18,20H,1-2H3. The number of aliphatic hydroxyl groups is 1. The molecule has 1 unspecified atom stereocenters. The van der Waals surface area contributed by atoms with Crippen molar-refractivity contribution >= 4 is 21.4 Å². The van der Waals surface area contributed by atoms with Crippen LogP contribution in [0.3, 0.4) is 0 Å². The zero-order valence-electron chi connectivity index (χ0n) is 12.0. The fourth-order valence-electron chi connectivity index (χ4n) is 2.40. The van der Waals surface area contributed by atoms with Gasteiger partial charge in [0, 0.05) is 9.58 Å². The lowest BCUT2D eigenvalue weighted by atomic mass is 9.99. The molecular weight excluding hydrogens is 283 g/mol. The number of hydrogen-bond acceptors (Lipinski definition) is 2. The average Bonchev–Trinajstić information content (AvgIpc) is 2.89. The molecule has 0 fully saturated rings. The van der Waals surface area contributed by atoms with Gasteiger partial charge in [-0.1, -0.05) is 38.1 Å². The molecule has 0 aliphatic carbocycles. The quantitative estimate of drug-likeness (QED) is 0.701. The molecule has 1 atom stereocenters. The van der Waals surface area contributed by atoms with Gasteiger partial charge in [-0.15, -0.1) is 11.3 Å². The Morgan fingerprint density at radius 2 is 1.62 bits per heavy atom. The highest BCUT2D eigenvalue weighted by Gasteiger charge is 2.14. The van der Waals surface area contributed by atoms with E-state index in [1.54, 1.807) is 6.07 Å². The smallest absolute Gasteiger partial charge is 0.123 e. The molecule has 1 aromatic heterocycles. The predicted octanol–water partition coefficient (Wildman–Crippen LogP) is 5.25. The van der Waals surface area contributed by atoms with Gasteiger partial charge in [0.15, 0.2) is 0 Å². The third kappa shape index (κ3) is 2.85. The summed E-state index contributed by atoms with van der Waals surface area (Å²) in [6, 6.07) is 14.6. The third-order valence-electron chi connectivity index (χ3n) is 3.69. The molecule has 3 aromatic rings. The molecular formula is C18H17FOS. The first-order chi connectivity index (χ1) is 10.0. The first-order valence-electron chi connectivity index (χ1n) is 7.01. The molecule has 0 radical (unpaired) electrons. The van der Waals surface area contributed by atoms with Gasteiger partial charge >= 0.3 is 0 Å². The number of fused-ring (bicyclic) bond motifs is 1. The van der Waals surface area contributed by atoms with E-state index in [9.17, 15) is 9.50 Å². The minimum absolute atomic E-state index is 0.248. The summed E-state index contributed by atoms with van der Waals surface area (Å²) in [4.78, 5) is 0.841. The Hall–Kier alpha value is -1.71. The largest absolute Gasteiger partial charge is 0.383 e. The highest BCUT2D eigenvalue weighted by molar-refractivity contribution is 7.19. The van der Waals surface area contributed by atoms with Gasteiger partial charge in [0.05, 0.1) is 0 Å². The molecule has 1 nitrogen and oxygen atoms in total.